The van der Waals surface area contributed by atoms with E-state index in [9.17, 15) is 14.9 Å². The number of pyridine rings is 1. The first kappa shape index (κ1) is 19.8. The maximum Gasteiger partial charge on any atom is 0.333 e. The zero-order chi connectivity index (χ0) is 20.6. The number of anilines is 2. The van der Waals surface area contributed by atoms with Gasteiger partial charge < -0.3 is 15.4 Å². The lowest BCUT2D eigenvalue weighted by Gasteiger charge is -2.11. The van der Waals surface area contributed by atoms with E-state index in [4.69, 9.17) is 4.74 Å². The van der Waals surface area contributed by atoms with Gasteiger partial charge in [0.2, 0.25) is 0 Å². The second-order valence-electron chi connectivity index (χ2n) is 6.09. The molecule has 0 spiro atoms. The molecule has 1 amide bonds. The van der Waals surface area contributed by atoms with Crippen LogP contribution in [0.4, 0.5) is 17.1 Å². The quantitative estimate of drug-likeness (QED) is 0.438. The van der Waals surface area contributed by atoms with Crippen molar-refractivity contribution in [2.24, 2.45) is 0 Å². The number of carbonyl (C=O) groups excluding carboxylic acids is 1. The second kappa shape index (κ2) is 9.32. The molecule has 3 aromatic rings. The molecule has 0 atom stereocenters. The van der Waals surface area contributed by atoms with Crippen molar-refractivity contribution in [1.82, 2.24) is 4.98 Å². The Kier molecular flexibility index (Phi) is 6.36. The fraction of sp³-hybridized carbons (Fsp3) is 0.143. The van der Waals surface area contributed by atoms with Gasteiger partial charge in [-0.05, 0) is 48.9 Å². The molecule has 0 aliphatic heterocycles. The van der Waals surface area contributed by atoms with E-state index in [0.717, 1.165) is 5.56 Å². The van der Waals surface area contributed by atoms with E-state index in [1.165, 1.54) is 6.20 Å². The standard InChI is InChI=1S/C21H20N4O4/c1-2-29-19-7-3-6-18(20(19)25(27)28)23-13-15-8-10-17(11-9-15)24-21(26)16-5-4-12-22-14-16/h3-12,14,23H,2,13H2,1H3,(H,24,26). The summed E-state index contributed by atoms with van der Waals surface area (Å²) in [5, 5.41) is 17.3. The number of para-hydroxylation sites is 1. The van der Waals surface area contributed by atoms with Gasteiger partial charge in [0, 0.05) is 24.6 Å². The highest BCUT2D eigenvalue weighted by Crippen LogP contribution is 2.35. The van der Waals surface area contributed by atoms with Gasteiger partial charge in [0.05, 0.1) is 17.1 Å². The van der Waals surface area contributed by atoms with Crippen LogP contribution in [0.1, 0.15) is 22.8 Å². The third kappa shape index (κ3) is 5.07. The number of nitro benzene ring substituents is 1. The Morgan fingerprint density at radius 2 is 1.93 bits per heavy atom. The number of hydrogen-bond acceptors (Lipinski definition) is 6. The highest BCUT2D eigenvalue weighted by Gasteiger charge is 2.20. The summed E-state index contributed by atoms with van der Waals surface area (Å²) in [7, 11) is 0. The molecular weight excluding hydrogens is 372 g/mol. The monoisotopic (exact) mass is 392 g/mol. The minimum atomic E-state index is -0.454. The number of nitrogens with zero attached hydrogens (tertiary/aromatic N) is 2. The smallest absolute Gasteiger partial charge is 0.333 e. The fourth-order valence-corrected chi connectivity index (χ4v) is 2.73. The van der Waals surface area contributed by atoms with Gasteiger partial charge in [-0.25, -0.2) is 0 Å². The van der Waals surface area contributed by atoms with Gasteiger partial charge in [-0.15, -0.1) is 0 Å². The molecule has 0 radical (unpaired) electrons. The highest BCUT2D eigenvalue weighted by atomic mass is 16.6. The maximum atomic E-state index is 12.2. The molecule has 1 heterocycles. The number of aromatic nitrogens is 1. The molecule has 0 aliphatic rings. The molecule has 8 heteroatoms. The maximum absolute atomic E-state index is 12.2. The molecule has 2 aromatic carbocycles. The van der Waals surface area contributed by atoms with Crippen LogP contribution in [0, 0.1) is 10.1 Å². The molecule has 148 valence electrons. The first-order valence-corrected chi connectivity index (χ1v) is 9.03. The summed E-state index contributed by atoms with van der Waals surface area (Å²) in [6.45, 7) is 2.50. The number of ether oxygens (including phenoxy) is 1. The summed E-state index contributed by atoms with van der Waals surface area (Å²) in [6.07, 6.45) is 3.10. The number of nitrogens with one attached hydrogen (secondary N) is 2. The van der Waals surface area contributed by atoms with E-state index in [1.807, 2.05) is 12.1 Å². The number of carbonyl (C=O) groups is 1. The number of rotatable bonds is 8. The van der Waals surface area contributed by atoms with Crippen molar-refractivity contribution in [3.05, 3.63) is 88.2 Å². The molecule has 0 aliphatic carbocycles. The third-order valence-electron chi connectivity index (χ3n) is 4.10. The topological polar surface area (TPSA) is 106 Å². The van der Waals surface area contributed by atoms with Crippen molar-refractivity contribution >= 4 is 23.0 Å². The predicted molar refractivity (Wildman–Crippen MR) is 110 cm³/mol. The summed E-state index contributed by atoms with van der Waals surface area (Å²) in [5.41, 5.74) is 2.32. The molecule has 0 saturated carbocycles. The predicted octanol–water partition coefficient (Wildman–Crippen LogP) is 4.25. The van der Waals surface area contributed by atoms with Crippen LogP contribution < -0.4 is 15.4 Å². The molecule has 2 N–H and O–H groups in total. The number of amides is 1. The van der Waals surface area contributed by atoms with Gasteiger partial charge in [-0.1, -0.05) is 18.2 Å². The largest absolute Gasteiger partial charge is 0.487 e. The Morgan fingerprint density at radius 1 is 1.14 bits per heavy atom. The van der Waals surface area contributed by atoms with Gasteiger partial charge in [0.15, 0.2) is 5.75 Å². The minimum Gasteiger partial charge on any atom is -0.487 e. The van der Waals surface area contributed by atoms with Crippen LogP contribution in [0.25, 0.3) is 0 Å². The Morgan fingerprint density at radius 3 is 2.59 bits per heavy atom. The Balaban J connectivity index is 1.66. The van der Waals surface area contributed by atoms with Gasteiger partial charge in [-0.3, -0.25) is 19.9 Å². The molecular formula is C21H20N4O4. The van der Waals surface area contributed by atoms with E-state index in [1.54, 1.807) is 55.6 Å². The van der Waals surface area contributed by atoms with Crippen LogP contribution in [0.15, 0.2) is 67.0 Å². The van der Waals surface area contributed by atoms with E-state index in [0.29, 0.717) is 30.1 Å². The highest BCUT2D eigenvalue weighted by molar-refractivity contribution is 6.04. The van der Waals surface area contributed by atoms with E-state index in [2.05, 4.69) is 15.6 Å². The van der Waals surface area contributed by atoms with Gasteiger partial charge in [0.25, 0.3) is 5.91 Å². The van der Waals surface area contributed by atoms with Crippen LogP contribution in [0.2, 0.25) is 0 Å². The van der Waals surface area contributed by atoms with Crippen LogP contribution >= 0.6 is 0 Å². The fourth-order valence-electron chi connectivity index (χ4n) is 2.73. The van der Waals surface area contributed by atoms with Crippen LogP contribution in [-0.4, -0.2) is 22.4 Å². The Labute approximate surface area is 167 Å². The van der Waals surface area contributed by atoms with Crippen molar-refractivity contribution in [1.29, 1.82) is 0 Å². The third-order valence-corrected chi connectivity index (χ3v) is 4.10. The molecule has 0 fully saturated rings. The minimum absolute atomic E-state index is 0.0882. The first-order valence-electron chi connectivity index (χ1n) is 9.03. The first-order chi connectivity index (χ1) is 14.1. The molecule has 29 heavy (non-hydrogen) atoms. The van der Waals surface area contributed by atoms with E-state index < -0.39 is 4.92 Å². The van der Waals surface area contributed by atoms with Crippen molar-refractivity contribution in [3.63, 3.8) is 0 Å². The summed E-state index contributed by atoms with van der Waals surface area (Å²) in [4.78, 5) is 27.1. The molecule has 1 aromatic heterocycles. The summed E-state index contributed by atoms with van der Waals surface area (Å²) >= 11 is 0. The normalized spacial score (nSPS) is 10.2. The van der Waals surface area contributed by atoms with Crippen molar-refractivity contribution in [2.75, 3.05) is 17.2 Å². The molecule has 3 rings (SSSR count). The molecule has 0 bridgehead atoms. The number of nitro groups is 1. The molecule has 8 nitrogen and oxygen atoms in total. The zero-order valence-corrected chi connectivity index (χ0v) is 15.8. The average molecular weight is 392 g/mol. The van der Waals surface area contributed by atoms with Crippen LogP contribution in [0.5, 0.6) is 5.75 Å². The number of benzene rings is 2. The summed E-state index contributed by atoms with van der Waals surface area (Å²) < 4.78 is 5.35. The second-order valence-corrected chi connectivity index (χ2v) is 6.09. The van der Waals surface area contributed by atoms with Crippen LogP contribution in [0.3, 0.4) is 0 Å². The lowest BCUT2D eigenvalue weighted by molar-refractivity contribution is -0.384. The Hall–Kier alpha value is -3.94. The lowest BCUT2D eigenvalue weighted by atomic mass is 10.2. The molecule has 0 unspecified atom stereocenters. The van der Waals surface area contributed by atoms with E-state index >= 15 is 0 Å². The van der Waals surface area contributed by atoms with Crippen molar-refractivity contribution < 1.29 is 14.5 Å². The Bertz CT molecular complexity index is 991. The van der Waals surface area contributed by atoms with Crippen LogP contribution in [-0.2, 0) is 6.54 Å². The van der Waals surface area contributed by atoms with Crippen molar-refractivity contribution in [3.8, 4) is 5.75 Å². The number of hydrogen-bond donors (Lipinski definition) is 2. The van der Waals surface area contributed by atoms with Gasteiger partial charge in [-0.2, -0.15) is 0 Å². The average Bonchev–Trinajstić information content (AvgIpc) is 2.74. The molecule has 0 saturated heterocycles. The SMILES string of the molecule is CCOc1cccc(NCc2ccc(NC(=O)c3cccnc3)cc2)c1[N+](=O)[O-]. The van der Waals surface area contributed by atoms with Gasteiger partial charge >= 0.3 is 5.69 Å². The summed E-state index contributed by atoms with van der Waals surface area (Å²) in [6, 6.07) is 15.5. The van der Waals surface area contributed by atoms with Crippen molar-refractivity contribution in [2.45, 2.75) is 13.5 Å². The van der Waals surface area contributed by atoms with E-state index in [-0.39, 0.29) is 17.3 Å². The van der Waals surface area contributed by atoms with Gasteiger partial charge in [0.1, 0.15) is 5.69 Å². The summed E-state index contributed by atoms with van der Waals surface area (Å²) in [5.74, 6) is -0.0108. The zero-order valence-electron chi connectivity index (χ0n) is 15.8. The lowest BCUT2D eigenvalue weighted by Crippen LogP contribution is -2.12.